The number of benzene rings is 2. The van der Waals surface area contributed by atoms with Crippen molar-refractivity contribution < 1.29 is 14.3 Å². The van der Waals surface area contributed by atoms with Crippen LogP contribution in [0.2, 0.25) is 0 Å². The molecule has 0 bridgehead atoms. The Hall–Kier alpha value is -4.84. The van der Waals surface area contributed by atoms with Gasteiger partial charge in [0.2, 0.25) is 0 Å². The molecule has 9 nitrogen and oxygen atoms in total. The van der Waals surface area contributed by atoms with Gasteiger partial charge in [0.25, 0.3) is 11.8 Å². The summed E-state index contributed by atoms with van der Waals surface area (Å²) in [7, 11) is 1.55. The van der Waals surface area contributed by atoms with Crippen molar-refractivity contribution in [1.29, 1.82) is 0 Å². The van der Waals surface area contributed by atoms with Gasteiger partial charge in [-0.15, -0.1) is 0 Å². The highest BCUT2D eigenvalue weighted by Gasteiger charge is 2.39. The molecule has 4 N–H and O–H groups in total. The van der Waals surface area contributed by atoms with Crippen LogP contribution in [0, 0.1) is 11.8 Å². The molecule has 2 amide bonds. The molecule has 5 rings (SSSR count). The number of ether oxygens (including phenoxy) is 1. The molecule has 216 valence electrons. The fourth-order valence-electron chi connectivity index (χ4n) is 5.95. The van der Waals surface area contributed by atoms with Gasteiger partial charge in [-0.3, -0.25) is 14.0 Å². The lowest BCUT2D eigenvalue weighted by molar-refractivity contribution is -0.115. The van der Waals surface area contributed by atoms with E-state index in [-0.39, 0.29) is 17.2 Å². The molecule has 1 aliphatic rings. The molecule has 0 unspecified atom stereocenters. The summed E-state index contributed by atoms with van der Waals surface area (Å²) in [5.74, 6) is 6.69. The summed E-state index contributed by atoms with van der Waals surface area (Å²) in [6.07, 6.45) is 9.72. The number of nitrogens with zero attached hydrogens (tertiary/aromatic N) is 3. The van der Waals surface area contributed by atoms with E-state index in [1.54, 1.807) is 32.4 Å². The van der Waals surface area contributed by atoms with E-state index in [1.807, 2.05) is 42.6 Å². The number of para-hydroxylation sites is 1. The van der Waals surface area contributed by atoms with Gasteiger partial charge in [0.05, 0.1) is 12.7 Å². The lowest BCUT2D eigenvalue weighted by Crippen LogP contribution is -2.29. The fourth-order valence-corrected chi connectivity index (χ4v) is 5.95. The SMILES string of the molecule is CC#CC(=O)NCCCC1(c2nc(-c3ccc(CNC(=O)c4ccccc4OC)cc3)c3c(N)nccn23)CCCC1. The van der Waals surface area contributed by atoms with Crippen molar-refractivity contribution in [3.63, 3.8) is 0 Å². The summed E-state index contributed by atoms with van der Waals surface area (Å²) < 4.78 is 7.42. The molecule has 2 aromatic heterocycles. The van der Waals surface area contributed by atoms with Crippen LogP contribution in [0.15, 0.2) is 60.9 Å². The Balaban J connectivity index is 1.38. The number of nitrogens with one attached hydrogen (secondary N) is 2. The fraction of sp³-hybridized carbons (Fsp3) is 0.333. The first-order valence-corrected chi connectivity index (χ1v) is 14.3. The Morgan fingerprint density at radius 1 is 1.10 bits per heavy atom. The molecule has 1 saturated carbocycles. The van der Waals surface area contributed by atoms with E-state index >= 15 is 0 Å². The second-order valence-corrected chi connectivity index (χ2v) is 10.6. The predicted molar refractivity (Wildman–Crippen MR) is 163 cm³/mol. The first kappa shape index (κ1) is 28.7. The number of fused-ring (bicyclic) bond motifs is 1. The highest BCUT2D eigenvalue weighted by molar-refractivity contribution is 5.97. The van der Waals surface area contributed by atoms with Crippen molar-refractivity contribution in [2.24, 2.45) is 0 Å². The zero-order chi connectivity index (χ0) is 29.5. The predicted octanol–water partition coefficient (Wildman–Crippen LogP) is 4.65. The number of nitrogen functional groups attached to an aromatic ring is 1. The van der Waals surface area contributed by atoms with Gasteiger partial charge in [-0.05, 0) is 56.2 Å². The number of methoxy groups -OCH3 is 1. The van der Waals surface area contributed by atoms with E-state index in [2.05, 4.69) is 31.9 Å². The molecule has 2 aromatic carbocycles. The zero-order valence-corrected chi connectivity index (χ0v) is 24.1. The monoisotopic (exact) mass is 564 g/mol. The Morgan fingerprint density at radius 3 is 2.60 bits per heavy atom. The summed E-state index contributed by atoms with van der Waals surface area (Å²) in [6, 6.07) is 15.1. The van der Waals surface area contributed by atoms with Crippen molar-refractivity contribution >= 4 is 23.1 Å². The number of rotatable bonds is 10. The van der Waals surface area contributed by atoms with E-state index < -0.39 is 0 Å². The standard InChI is InChI=1S/C33H36N6O3/c1-3-9-27(40)35-19-8-18-33(16-6-7-17-33)32-38-28(29-30(34)36-20-21-39(29)32)24-14-12-23(13-15-24)22-37-31(41)25-10-4-5-11-26(25)42-2/h4-5,10-15,20-21H,6-8,16-19,22H2,1-2H3,(H2,34,36)(H,35,40)(H,37,41). The number of hydrogen-bond acceptors (Lipinski definition) is 6. The van der Waals surface area contributed by atoms with Crippen molar-refractivity contribution in [2.45, 2.75) is 57.4 Å². The van der Waals surface area contributed by atoms with Crippen LogP contribution in [-0.4, -0.2) is 39.8 Å². The summed E-state index contributed by atoms with van der Waals surface area (Å²) >= 11 is 0. The molecule has 42 heavy (non-hydrogen) atoms. The van der Waals surface area contributed by atoms with Crippen molar-refractivity contribution in [3.05, 3.63) is 77.9 Å². The minimum absolute atomic E-state index is 0.112. The third-order valence-electron chi connectivity index (χ3n) is 8.01. The molecule has 2 heterocycles. The Kier molecular flexibility index (Phi) is 8.72. The van der Waals surface area contributed by atoms with Crippen molar-refractivity contribution in [1.82, 2.24) is 25.0 Å². The average molecular weight is 565 g/mol. The Labute approximate surface area is 245 Å². The number of nitrogens with two attached hydrogens (primary N) is 1. The minimum Gasteiger partial charge on any atom is -0.496 e. The molecule has 0 saturated heterocycles. The van der Waals surface area contributed by atoms with Crippen molar-refractivity contribution in [3.8, 4) is 28.8 Å². The third kappa shape index (κ3) is 5.93. The molecule has 9 heteroatoms. The second-order valence-electron chi connectivity index (χ2n) is 10.6. The number of carbonyl (C=O) groups excluding carboxylic acids is 2. The van der Waals surface area contributed by atoms with Crippen LogP contribution in [0.1, 0.15) is 67.2 Å². The first-order chi connectivity index (χ1) is 20.5. The van der Waals surface area contributed by atoms with Gasteiger partial charge in [0.15, 0.2) is 0 Å². The molecule has 1 fully saturated rings. The quantitative estimate of drug-likeness (QED) is 0.190. The maximum absolute atomic E-state index is 12.7. The number of imidazole rings is 1. The number of aromatic nitrogens is 3. The Bertz CT molecular complexity index is 1640. The van der Waals surface area contributed by atoms with Crippen molar-refractivity contribution in [2.75, 3.05) is 19.4 Å². The first-order valence-electron chi connectivity index (χ1n) is 14.3. The van der Waals surface area contributed by atoms with E-state index in [4.69, 9.17) is 15.5 Å². The molecule has 0 aliphatic heterocycles. The maximum Gasteiger partial charge on any atom is 0.295 e. The van der Waals surface area contributed by atoms with Crippen LogP contribution in [0.4, 0.5) is 5.82 Å². The Morgan fingerprint density at radius 2 is 1.86 bits per heavy atom. The summed E-state index contributed by atoms with van der Waals surface area (Å²) in [4.78, 5) is 34.1. The van der Waals surface area contributed by atoms with Gasteiger partial charge in [0.1, 0.15) is 28.6 Å². The van der Waals surface area contributed by atoms with Crippen LogP contribution < -0.4 is 21.1 Å². The molecule has 0 radical (unpaired) electrons. The normalized spacial score (nSPS) is 13.8. The summed E-state index contributed by atoms with van der Waals surface area (Å²) in [5.41, 5.74) is 10.3. The van der Waals surface area contributed by atoms with Gasteiger partial charge in [0, 0.05) is 36.5 Å². The number of carbonyl (C=O) groups is 2. The van der Waals surface area contributed by atoms with E-state index in [0.717, 1.165) is 66.7 Å². The molecule has 0 atom stereocenters. The van der Waals surface area contributed by atoms with Crippen LogP contribution in [0.5, 0.6) is 5.75 Å². The maximum atomic E-state index is 12.7. The van der Waals surface area contributed by atoms with Gasteiger partial charge < -0.3 is 21.1 Å². The van der Waals surface area contributed by atoms with Crippen LogP contribution in [0.3, 0.4) is 0 Å². The number of hydrogen-bond donors (Lipinski definition) is 3. The van der Waals surface area contributed by atoms with Crippen LogP contribution >= 0.6 is 0 Å². The lowest BCUT2D eigenvalue weighted by atomic mass is 9.80. The molecule has 1 aliphatic carbocycles. The highest BCUT2D eigenvalue weighted by Crippen LogP contribution is 2.45. The van der Waals surface area contributed by atoms with Gasteiger partial charge >= 0.3 is 0 Å². The smallest absolute Gasteiger partial charge is 0.295 e. The summed E-state index contributed by atoms with van der Waals surface area (Å²) in [6.45, 7) is 2.60. The number of anilines is 1. The largest absolute Gasteiger partial charge is 0.496 e. The van der Waals surface area contributed by atoms with E-state index in [9.17, 15) is 9.59 Å². The van der Waals surface area contributed by atoms with E-state index in [0.29, 0.717) is 30.2 Å². The minimum atomic E-state index is -0.242. The third-order valence-corrected chi connectivity index (χ3v) is 8.01. The van der Waals surface area contributed by atoms with Gasteiger partial charge in [-0.1, -0.05) is 55.2 Å². The second kappa shape index (κ2) is 12.8. The zero-order valence-electron chi connectivity index (χ0n) is 24.1. The van der Waals surface area contributed by atoms with Crippen LogP contribution in [-0.2, 0) is 16.8 Å². The van der Waals surface area contributed by atoms with Crippen LogP contribution in [0.25, 0.3) is 16.8 Å². The molecule has 4 aromatic rings. The topological polar surface area (TPSA) is 124 Å². The average Bonchev–Trinajstić information content (AvgIpc) is 3.65. The highest BCUT2D eigenvalue weighted by atomic mass is 16.5. The van der Waals surface area contributed by atoms with E-state index in [1.165, 1.54) is 0 Å². The van der Waals surface area contributed by atoms with Gasteiger partial charge in [-0.25, -0.2) is 9.97 Å². The molecule has 0 spiro atoms. The van der Waals surface area contributed by atoms with Gasteiger partial charge in [-0.2, -0.15) is 0 Å². The summed E-state index contributed by atoms with van der Waals surface area (Å²) in [5, 5.41) is 5.86. The molecular weight excluding hydrogens is 528 g/mol. The molecular formula is C33H36N6O3. The number of amides is 2. The lowest BCUT2D eigenvalue weighted by Gasteiger charge is -2.28.